The molecule has 1 aromatic carbocycles. The first-order valence-corrected chi connectivity index (χ1v) is 6.85. The maximum Gasteiger partial charge on any atom is 0.419 e. The second kappa shape index (κ2) is 6.56. The number of carbonyl (C=O) groups is 1. The van der Waals surface area contributed by atoms with Gasteiger partial charge >= 0.3 is 6.18 Å². The van der Waals surface area contributed by atoms with Gasteiger partial charge < -0.3 is 5.32 Å². The number of benzene rings is 1. The molecule has 0 fully saturated rings. The smallest absolute Gasteiger partial charge is 0.349 e. The molecule has 0 bridgehead atoms. The molecular weight excluding hydrogens is 342 g/mol. The van der Waals surface area contributed by atoms with Crippen molar-refractivity contribution in [3.8, 4) is 0 Å². The van der Waals surface area contributed by atoms with Crippen LogP contribution in [0, 0.1) is 5.82 Å². The molecule has 0 radical (unpaired) electrons. The molecule has 2 nitrogen and oxygen atoms in total. The monoisotopic (exact) mass is 355 g/mol. The number of amides is 1. The first-order chi connectivity index (χ1) is 9.12. The molecular formula is C13H14BrF4NO. The second-order valence-electron chi connectivity index (χ2n) is 4.56. The van der Waals surface area contributed by atoms with Crippen molar-refractivity contribution < 1.29 is 22.4 Å². The summed E-state index contributed by atoms with van der Waals surface area (Å²) in [5, 5.41) is 2.47. The third kappa shape index (κ3) is 4.47. The van der Waals surface area contributed by atoms with Crippen LogP contribution in [0.3, 0.4) is 0 Å². The van der Waals surface area contributed by atoms with Crippen molar-refractivity contribution in [3.05, 3.63) is 35.1 Å². The molecule has 0 spiro atoms. The van der Waals surface area contributed by atoms with Crippen LogP contribution in [0.1, 0.15) is 36.2 Å². The second-order valence-corrected chi connectivity index (χ2v) is 6.12. The van der Waals surface area contributed by atoms with E-state index in [4.69, 9.17) is 0 Å². The molecule has 1 amide bonds. The van der Waals surface area contributed by atoms with Crippen molar-refractivity contribution in [3.63, 3.8) is 0 Å². The Labute approximate surface area is 122 Å². The van der Waals surface area contributed by atoms with Gasteiger partial charge in [0.1, 0.15) is 5.82 Å². The van der Waals surface area contributed by atoms with Crippen LogP contribution in [0.4, 0.5) is 17.6 Å². The van der Waals surface area contributed by atoms with Crippen LogP contribution < -0.4 is 5.32 Å². The Bertz CT molecular complexity index is 488. The highest BCUT2D eigenvalue weighted by atomic mass is 79.9. The third-order valence-electron chi connectivity index (χ3n) is 2.60. The lowest BCUT2D eigenvalue weighted by molar-refractivity contribution is -0.140. The summed E-state index contributed by atoms with van der Waals surface area (Å²) in [4.78, 5) is 11.9. The highest BCUT2D eigenvalue weighted by Crippen LogP contribution is 2.32. The number of alkyl halides is 4. The minimum Gasteiger partial charge on any atom is -0.349 e. The summed E-state index contributed by atoms with van der Waals surface area (Å²) in [5.74, 6) is -2.40. The predicted octanol–water partition coefficient (Wildman–Crippen LogP) is 4.14. The maximum absolute atomic E-state index is 13.7. The van der Waals surface area contributed by atoms with Gasteiger partial charge in [-0.05, 0) is 25.5 Å². The van der Waals surface area contributed by atoms with E-state index in [2.05, 4.69) is 21.2 Å². The minimum absolute atomic E-state index is 0.129. The van der Waals surface area contributed by atoms with Crippen molar-refractivity contribution in [2.24, 2.45) is 0 Å². The van der Waals surface area contributed by atoms with Gasteiger partial charge in [-0.15, -0.1) is 0 Å². The van der Waals surface area contributed by atoms with Crippen LogP contribution in [0.15, 0.2) is 18.2 Å². The summed E-state index contributed by atoms with van der Waals surface area (Å²) >= 11 is 3.30. The molecule has 0 saturated heterocycles. The van der Waals surface area contributed by atoms with Gasteiger partial charge in [-0.3, -0.25) is 4.79 Å². The predicted molar refractivity (Wildman–Crippen MR) is 71.3 cm³/mol. The molecule has 0 aliphatic carbocycles. The van der Waals surface area contributed by atoms with Gasteiger partial charge in [0.25, 0.3) is 5.91 Å². The molecule has 0 heterocycles. The van der Waals surface area contributed by atoms with Crippen LogP contribution in [0.25, 0.3) is 0 Å². The van der Waals surface area contributed by atoms with E-state index in [0.29, 0.717) is 12.5 Å². The minimum atomic E-state index is -4.82. The fourth-order valence-corrected chi connectivity index (χ4v) is 2.33. The zero-order chi connectivity index (χ0) is 15.5. The Morgan fingerprint density at radius 2 is 1.95 bits per heavy atom. The van der Waals surface area contributed by atoms with Crippen LogP contribution >= 0.6 is 15.9 Å². The fourth-order valence-electron chi connectivity index (χ4n) is 1.77. The Morgan fingerprint density at radius 1 is 1.35 bits per heavy atom. The molecule has 0 aliphatic rings. The molecule has 1 aromatic rings. The maximum atomic E-state index is 13.7. The summed E-state index contributed by atoms with van der Waals surface area (Å²) < 4.78 is 51.4. The molecule has 1 N–H and O–H groups in total. The van der Waals surface area contributed by atoms with E-state index >= 15 is 0 Å². The molecule has 0 aliphatic heterocycles. The summed E-state index contributed by atoms with van der Waals surface area (Å²) in [7, 11) is 0. The Kier molecular flexibility index (Phi) is 5.56. The number of halogens is 5. The summed E-state index contributed by atoms with van der Waals surface area (Å²) in [6.07, 6.45) is -4.25. The van der Waals surface area contributed by atoms with E-state index in [9.17, 15) is 22.4 Å². The van der Waals surface area contributed by atoms with E-state index in [-0.39, 0.29) is 10.9 Å². The molecule has 2 atom stereocenters. The highest BCUT2D eigenvalue weighted by molar-refractivity contribution is 9.09. The fraction of sp³-hybridized carbons (Fsp3) is 0.462. The van der Waals surface area contributed by atoms with Crippen LogP contribution in [0.5, 0.6) is 0 Å². The SMILES string of the molecule is CC(Br)CC(C)NC(=O)c1cccc(C(F)(F)F)c1F. The molecule has 0 saturated carbocycles. The van der Waals surface area contributed by atoms with Gasteiger partial charge in [-0.2, -0.15) is 13.2 Å². The lowest BCUT2D eigenvalue weighted by Gasteiger charge is -2.16. The molecule has 0 aromatic heterocycles. The van der Waals surface area contributed by atoms with Gasteiger partial charge in [0.05, 0.1) is 11.1 Å². The third-order valence-corrected chi connectivity index (χ3v) is 2.98. The molecule has 2 unspecified atom stereocenters. The lowest BCUT2D eigenvalue weighted by Crippen LogP contribution is -2.34. The van der Waals surface area contributed by atoms with Crippen LogP contribution in [-0.4, -0.2) is 16.8 Å². The van der Waals surface area contributed by atoms with Crippen molar-refractivity contribution in [2.45, 2.75) is 37.3 Å². The summed E-state index contributed by atoms with van der Waals surface area (Å²) in [6.45, 7) is 3.56. The van der Waals surface area contributed by atoms with E-state index in [0.717, 1.165) is 12.1 Å². The van der Waals surface area contributed by atoms with Crippen molar-refractivity contribution >= 4 is 21.8 Å². The van der Waals surface area contributed by atoms with E-state index < -0.39 is 29.0 Å². The topological polar surface area (TPSA) is 29.1 Å². The average molecular weight is 356 g/mol. The van der Waals surface area contributed by atoms with Crippen molar-refractivity contribution in [2.75, 3.05) is 0 Å². The zero-order valence-electron chi connectivity index (χ0n) is 10.9. The first-order valence-electron chi connectivity index (χ1n) is 5.93. The number of rotatable bonds is 4. The largest absolute Gasteiger partial charge is 0.419 e. The number of hydrogen-bond acceptors (Lipinski definition) is 1. The molecule has 7 heteroatoms. The quantitative estimate of drug-likeness (QED) is 0.638. The molecule has 112 valence electrons. The number of nitrogens with one attached hydrogen (secondary N) is 1. The van der Waals surface area contributed by atoms with E-state index in [1.165, 1.54) is 0 Å². The van der Waals surface area contributed by atoms with Gasteiger partial charge in [0.15, 0.2) is 0 Å². The lowest BCUT2D eigenvalue weighted by atomic mass is 10.1. The highest BCUT2D eigenvalue weighted by Gasteiger charge is 2.35. The summed E-state index contributed by atoms with van der Waals surface area (Å²) in [5.41, 5.74) is -2.04. The average Bonchev–Trinajstić information content (AvgIpc) is 2.25. The molecule has 1 rings (SSSR count). The van der Waals surface area contributed by atoms with Crippen molar-refractivity contribution in [1.29, 1.82) is 0 Å². The standard InChI is InChI=1S/C13H14BrF4NO/c1-7(14)6-8(2)19-12(20)9-4-3-5-10(11(9)15)13(16,17)18/h3-5,7-8H,6H2,1-2H3,(H,19,20). The Balaban J connectivity index is 2.95. The Hall–Kier alpha value is -1.11. The zero-order valence-corrected chi connectivity index (χ0v) is 12.5. The van der Waals surface area contributed by atoms with Gasteiger partial charge in [-0.1, -0.05) is 28.9 Å². The Morgan fingerprint density at radius 3 is 2.45 bits per heavy atom. The van der Waals surface area contributed by atoms with Crippen molar-refractivity contribution in [1.82, 2.24) is 5.32 Å². The van der Waals surface area contributed by atoms with Crippen LogP contribution in [0.2, 0.25) is 0 Å². The van der Waals surface area contributed by atoms with Crippen LogP contribution in [-0.2, 0) is 6.18 Å². The van der Waals surface area contributed by atoms with Gasteiger partial charge in [0, 0.05) is 10.9 Å². The summed E-state index contributed by atoms with van der Waals surface area (Å²) in [6, 6.07) is 2.37. The number of hydrogen-bond donors (Lipinski definition) is 1. The van der Waals surface area contributed by atoms with Gasteiger partial charge in [-0.25, -0.2) is 4.39 Å². The van der Waals surface area contributed by atoms with E-state index in [1.807, 2.05) is 6.92 Å². The first kappa shape index (κ1) is 16.9. The molecule has 20 heavy (non-hydrogen) atoms. The normalized spacial score (nSPS) is 14.8. The number of carbonyl (C=O) groups excluding carboxylic acids is 1. The van der Waals surface area contributed by atoms with Gasteiger partial charge in [0.2, 0.25) is 0 Å². The van der Waals surface area contributed by atoms with E-state index in [1.54, 1.807) is 6.92 Å².